The van der Waals surface area contributed by atoms with Crippen LogP contribution in [0.1, 0.15) is 37.6 Å². The van der Waals surface area contributed by atoms with Crippen molar-refractivity contribution in [1.82, 2.24) is 5.32 Å². The van der Waals surface area contributed by atoms with Crippen molar-refractivity contribution < 1.29 is 32.3 Å². The molecule has 1 aromatic rings. The third-order valence-corrected chi connectivity index (χ3v) is 3.46. The number of rotatable bonds is 5. The van der Waals surface area contributed by atoms with Crippen LogP contribution in [0.4, 0.5) is 17.6 Å². The zero-order chi connectivity index (χ0) is 20.7. The summed E-state index contributed by atoms with van der Waals surface area (Å²) in [5.41, 5.74) is 5.10. The van der Waals surface area contributed by atoms with E-state index in [0.29, 0.717) is 12.5 Å². The highest BCUT2D eigenvalue weighted by molar-refractivity contribution is 6.31. The SMILES string of the molecule is CC(C)CC(C)(CN)NC(=O)c1cccc(Cl)c1F.O=C(O)C(F)(F)F. The number of hydrogen-bond donors (Lipinski definition) is 3. The third kappa shape index (κ3) is 8.01. The molecule has 4 N–H and O–H groups in total. The number of carbonyl (C=O) groups is 2. The van der Waals surface area contributed by atoms with E-state index in [1.54, 1.807) is 6.07 Å². The van der Waals surface area contributed by atoms with Crippen LogP contribution in [0.3, 0.4) is 0 Å². The fraction of sp³-hybridized carbons (Fsp3) is 0.500. The van der Waals surface area contributed by atoms with Crippen molar-refractivity contribution in [2.45, 2.75) is 38.9 Å². The smallest absolute Gasteiger partial charge is 0.475 e. The van der Waals surface area contributed by atoms with Gasteiger partial charge in [-0.2, -0.15) is 13.2 Å². The number of carboxylic acid groups (broad SMARTS) is 1. The Morgan fingerprint density at radius 1 is 1.31 bits per heavy atom. The molecule has 1 atom stereocenters. The molecule has 1 unspecified atom stereocenters. The Morgan fingerprint density at radius 2 is 1.81 bits per heavy atom. The average molecular weight is 401 g/mol. The highest BCUT2D eigenvalue weighted by atomic mass is 35.5. The largest absolute Gasteiger partial charge is 0.490 e. The molecule has 0 aliphatic rings. The maximum atomic E-state index is 13.8. The molecule has 1 aromatic carbocycles. The maximum Gasteiger partial charge on any atom is 0.490 e. The summed E-state index contributed by atoms with van der Waals surface area (Å²) in [5.74, 6) is -3.58. The van der Waals surface area contributed by atoms with Gasteiger partial charge >= 0.3 is 12.1 Å². The van der Waals surface area contributed by atoms with Gasteiger partial charge in [-0.1, -0.05) is 31.5 Å². The maximum absolute atomic E-state index is 13.8. The van der Waals surface area contributed by atoms with Crippen molar-refractivity contribution in [1.29, 1.82) is 0 Å². The second kappa shape index (κ2) is 9.72. The first-order valence-corrected chi connectivity index (χ1v) is 7.88. The van der Waals surface area contributed by atoms with Crippen molar-refractivity contribution >= 4 is 23.5 Å². The van der Waals surface area contributed by atoms with Crippen LogP contribution in [-0.2, 0) is 4.79 Å². The number of halogens is 5. The van der Waals surface area contributed by atoms with Crippen molar-refractivity contribution in [3.8, 4) is 0 Å². The highest BCUT2D eigenvalue weighted by Gasteiger charge is 2.38. The molecule has 10 heteroatoms. The van der Waals surface area contributed by atoms with Crippen molar-refractivity contribution in [2.75, 3.05) is 6.54 Å². The van der Waals surface area contributed by atoms with E-state index in [1.807, 2.05) is 20.8 Å². The molecule has 0 saturated heterocycles. The van der Waals surface area contributed by atoms with Gasteiger partial charge in [0.05, 0.1) is 10.6 Å². The van der Waals surface area contributed by atoms with Crippen LogP contribution in [0.25, 0.3) is 0 Å². The van der Waals surface area contributed by atoms with Crippen LogP contribution in [-0.4, -0.2) is 35.2 Å². The van der Waals surface area contributed by atoms with E-state index in [4.69, 9.17) is 27.2 Å². The summed E-state index contributed by atoms with van der Waals surface area (Å²) in [6, 6.07) is 4.36. The van der Waals surface area contributed by atoms with Gasteiger partial charge in [-0.3, -0.25) is 4.79 Å². The highest BCUT2D eigenvalue weighted by Crippen LogP contribution is 2.20. The topological polar surface area (TPSA) is 92.4 Å². The van der Waals surface area contributed by atoms with Gasteiger partial charge in [-0.15, -0.1) is 0 Å². The fourth-order valence-electron chi connectivity index (χ4n) is 2.11. The van der Waals surface area contributed by atoms with Crippen LogP contribution in [0.15, 0.2) is 18.2 Å². The van der Waals surface area contributed by atoms with E-state index in [0.717, 1.165) is 6.42 Å². The molecule has 0 fully saturated rings. The van der Waals surface area contributed by atoms with Crippen molar-refractivity contribution in [3.05, 3.63) is 34.6 Å². The van der Waals surface area contributed by atoms with Crippen LogP contribution >= 0.6 is 11.6 Å². The first kappa shape index (κ1) is 24.1. The van der Waals surface area contributed by atoms with E-state index in [-0.39, 0.29) is 10.6 Å². The van der Waals surface area contributed by atoms with Gasteiger partial charge in [0.1, 0.15) is 0 Å². The Labute approximate surface area is 153 Å². The Hall–Kier alpha value is -1.87. The van der Waals surface area contributed by atoms with Crippen LogP contribution in [0, 0.1) is 11.7 Å². The predicted octanol–water partition coefficient (Wildman–Crippen LogP) is 3.61. The van der Waals surface area contributed by atoms with Gasteiger partial charge in [-0.05, 0) is 31.4 Å². The van der Waals surface area contributed by atoms with Gasteiger partial charge < -0.3 is 16.2 Å². The monoisotopic (exact) mass is 400 g/mol. The Bertz CT molecular complexity index is 638. The van der Waals surface area contributed by atoms with Gasteiger partial charge in [0, 0.05) is 12.1 Å². The van der Waals surface area contributed by atoms with E-state index in [2.05, 4.69) is 5.32 Å². The summed E-state index contributed by atoms with van der Waals surface area (Å²) < 4.78 is 45.5. The lowest BCUT2D eigenvalue weighted by molar-refractivity contribution is -0.192. The normalized spacial score (nSPS) is 13.5. The predicted molar refractivity (Wildman–Crippen MR) is 89.5 cm³/mol. The molecule has 1 amide bonds. The summed E-state index contributed by atoms with van der Waals surface area (Å²) in [6.45, 7) is 6.23. The van der Waals surface area contributed by atoms with Gasteiger partial charge in [0.25, 0.3) is 5.91 Å². The first-order valence-electron chi connectivity index (χ1n) is 7.50. The Kier molecular flexibility index (Phi) is 9.03. The van der Waals surface area contributed by atoms with Gasteiger partial charge in [-0.25, -0.2) is 9.18 Å². The molecular formula is C16H21ClF4N2O3. The quantitative estimate of drug-likeness (QED) is 0.658. The van der Waals surface area contributed by atoms with Crippen molar-refractivity contribution in [2.24, 2.45) is 11.7 Å². The van der Waals surface area contributed by atoms with Crippen molar-refractivity contribution in [3.63, 3.8) is 0 Å². The number of nitrogens with one attached hydrogen (secondary N) is 1. The summed E-state index contributed by atoms with van der Waals surface area (Å²) >= 11 is 5.67. The number of carbonyl (C=O) groups excluding carboxylic acids is 1. The lowest BCUT2D eigenvalue weighted by Gasteiger charge is -2.31. The lowest BCUT2D eigenvalue weighted by Crippen LogP contribution is -2.52. The van der Waals surface area contributed by atoms with Gasteiger partial charge in [0.2, 0.25) is 0 Å². The molecular weight excluding hydrogens is 380 g/mol. The van der Waals surface area contributed by atoms with Crippen LogP contribution in [0.5, 0.6) is 0 Å². The number of amides is 1. The minimum atomic E-state index is -5.08. The molecule has 0 spiro atoms. The average Bonchev–Trinajstić information content (AvgIpc) is 2.48. The standard InChI is InChI=1S/C14H20ClFN2O.C2HF3O2/c1-9(2)7-14(3,8-17)18-13(19)10-5-4-6-11(15)12(10)16;3-2(4,5)1(6)7/h4-6,9H,7-8,17H2,1-3H3,(H,18,19);(H,6,7). The zero-order valence-electron chi connectivity index (χ0n) is 14.5. The third-order valence-electron chi connectivity index (χ3n) is 3.16. The second-order valence-corrected chi connectivity index (χ2v) is 6.63. The number of benzene rings is 1. The summed E-state index contributed by atoms with van der Waals surface area (Å²) in [7, 11) is 0. The summed E-state index contributed by atoms with van der Waals surface area (Å²) in [5, 5.41) is 9.86. The molecule has 0 aromatic heterocycles. The number of carboxylic acids is 1. The Morgan fingerprint density at radius 3 is 2.19 bits per heavy atom. The summed E-state index contributed by atoms with van der Waals surface area (Å²) in [4.78, 5) is 21.0. The van der Waals surface area contributed by atoms with Crippen LogP contribution in [0.2, 0.25) is 5.02 Å². The molecule has 0 aliphatic heterocycles. The molecule has 148 valence electrons. The van der Waals surface area contributed by atoms with E-state index in [1.165, 1.54) is 12.1 Å². The number of hydrogen-bond acceptors (Lipinski definition) is 3. The van der Waals surface area contributed by atoms with Gasteiger partial charge in [0.15, 0.2) is 5.82 Å². The van der Waals surface area contributed by atoms with Crippen LogP contribution < -0.4 is 11.1 Å². The number of nitrogens with two attached hydrogens (primary N) is 1. The number of alkyl halides is 3. The molecule has 0 aliphatic carbocycles. The molecule has 1 rings (SSSR count). The molecule has 0 radical (unpaired) electrons. The Balaban J connectivity index is 0.000000758. The lowest BCUT2D eigenvalue weighted by atomic mass is 9.90. The van der Waals surface area contributed by atoms with E-state index in [9.17, 15) is 22.4 Å². The number of aliphatic carboxylic acids is 1. The fourth-order valence-corrected chi connectivity index (χ4v) is 2.28. The second-order valence-electron chi connectivity index (χ2n) is 6.22. The molecule has 0 bridgehead atoms. The molecule has 26 heavy (non-hydrogen) atoms. The van der Waals surface area contributed by atoms with E-state index >= 15 is 0 Å². The minimum Gasteiger partial charge on any atom is -0.475 e. The molecule has 5 nitrogen and oxygen atoms in total. The summed E-state index contributed by atoms with van der Waals surface area (Å²) in [6.07, 6.45) is -4.36. The zero-order valence-corrected chi connectivity index (χ0v) is 15.2. The van der Waals surface area contributed by atoms with E-state index < -0.39 is 29.4 Å². The molecule has 0 saturated carbocycles. The first-order chi connectivity index (χ1) is 11.7. The minimum absolute atomic E-state index is 0.0593. The molecule has 0 heterocycles.